The predicted molar refractivity (Wildman–Crippen MR) is 103 cm³/mol. The molecule has 4 saturated carbocycles. The minimum absolute atomic E-state index is 0.600. The van der Waals surface area contributed by atoms with Crippen molar-refractivity contribution >= 4 is 5.82 Å². The molecule has 5 fully saturated rings. The second-order valence-electron chi connectivity index (χ2n) is 9.83. The van der Waals surface area contributed by atoms with Gasteiger partial charge in [-0.25, -0.2) is 4.98 Å². The normalized spacial score (nSPS) is 38.2. The van der Waals surface area contributed by atoms with Crippen molar-refractivity contribution in [2.75, 3.05) is 25.0 Å². The molecule has 136 valence electrons. The Bertz CT molecular complexity index is 565. The second kappa shape index (κ2) is 6.26. The van der Waals surface area contributed by atoms with E-state index < -0.39 is 0 Å². The smallest absolute Gasteiger partial charge is 0.126 e. The van der Waals surface area contributed by atoms with Crippen molar-refractivity contribution < 1.29 is 0 Å². The lowest BCUT2D eigenvalue weighted by molar-refractivity contribution is -0.0711. The van der Waals surface area contributed by atoms with E-state index in [-0.39, 0.29) is 0 Å². The van der Waals surface area contributed by atoms with E-state index >= 15 is 0 Å². The van der Waals surface area contributed by atoms with Gasteiger partial charge in [-0.1, -0.05) is 6.07 Å². The SMILES string of the molecule is Cc1ccc(NC2CCN(CC34CC5CC(CC(C5)C3)C4)CC2)nc1. The van der Waals surface area contributed by atoms with Crippen molar-refractivity contribution in [3.63, 3.8) is 0 Å². The third kappa shape index (κ3) is 3.32. The van der Waals surface area contributed by atoms with Gasteiger partial charge in [-0.05, 0) is 93.1 Å². The summed E-state index contributed by atoms with van der Waals surface area (Å²) in [6.07, 6.45) is 13.8. The summed E-state index contributed by atoms with van der Waals surface area (Å²) in [5, 5.41) is 3.65. The molecule has 0 atom stereocenters. The number of nitrogens with zero attached hydrogens (tertiary/aromatic N) is 2. The molecule has 0 amide bonds. The van der Waals surface area contributed by atoms with Crippen LogP contribution in [0, 0.1) is 30.1 Å². The summed E-state index contributed by atoms with van der Waals surface area (Å²) in [7, 11) is 0. The van der Waals surface area contributed by atoms with E-state index in [9.17, 15) is 0 Å². The fourth-order valence-corrected chi connectivity index (χ4v) is 6.96. The predicted octanol–water partition coefficient (Wildman–Crippen LogP) is 4.48. The lowest BCUT2D eigenvalue weighted by atomic mass is 9.49. The minimum atomic E-state index is 0.600. The molecule has 3 heteroatoms. The largest absolute Gasteiger partial charge is 0.367 e. The van der Waals surface area contributed by atoms with Gasteiger partial charge in [0, 0.05) is 31.9 Å². The topological polar surface area (TPSA) is 28.2 Å². The van der Waals surface area contributed by atoms with Crippen LogP contribution in [0.15, 0.2) is 18.3 Å². The summed E-state index contributed by atoms with van der Waals surface area (Å²) in [6.45, 7) is 6.03. The molecular weight excluding hydrogens is 306 g/mol. The summed E-state index contributed by atoms with van der Waals surface area (Å²) in [5.74, 6) is 4.29. The zero-order chi connectivity index (χ0) is 16.9. The summed E-state index contributed by atoms with van der Waals surface area (Å²) in [5.41, 5.74) is 1.93. The number of nitrogens with one attached hydrogen (secondary N) is 1. The quantitative estimate of drug-likeness (QED) is 0.876. The Morgan fingerprint density at radius 1 is 1.04 bits per heavy atom. The molecule has 1 N–H and O–H groups in total. The lowest BCUT2D eigenvalue weighted by Gasteiger charge is -2.58. The molecule has 2 heterocycles. The number of aryl methyl sites for hydroxylation is 1. The van der Waals surface area contributed by atoms with Crippen LogP contribution in [0.4, 0.5) is 5.82 Å². The molecule has 0 unspecified atom stereocenters. The fraction of sp³-hybridized carbons (Fsp3) is 0.773. The van der Waals surface area contributed by atoms with Gasteiger partial charge in [0.05, 0.1) is 0 Å². The second-order valence-corrected chi connectivity index (χ2v) is 9.83. The molecule has 3 nitrogen and oxygen atoms in total. The Labute approximate surface area is 152 Å². The van der Waals surface area contributed by atoms with Gasteiger partial charge < -0.3 is 10.2 Å². The molecular formula is C22H33N3. The van der Waals surface area contributed by atoms with Crippen LogP contribution in [-0.2, 0) is 0 Å². The van der Waals surface area contributed by atoms with Gasteiger partial charge >= 0.3 is 0 Å². The van der Waals surface area contributed by atoms with E-state index in [2.05, 4.69) is 34.3 Å². The van der Waals surface area contributed by atoms with E-state index in [1.807, 2.05) is 6.20 Å². The van der Waals surface area contributed by atoms with Crippen LogP contribution < -0.4 is 5.32 Å². The molecule has 4 bridgehead atoms. The van der Waals surface area contributed by atoms with Crippen LogP contribution in [0.5, 0.6) is 0 Å². The Morgan fingerprint density at radius 2 is 1.68 bits per heavy atom. The van der Waals surface area contributed by atoms with Gasteiger partial charge in [-0.3, -0.25) is 0 Å². The van der Waals surface area contributed by atoms with E-state index in [1.54, 1.807) is 38.5 Å². The molecule has 0 spiro atoms. The highest BCUT2D eigenvalue weighted by molar-refractivity contribution is 5.36. The van der Waals surface area contributed by atoms with Gasteiger partial charge in [-0.15, -0.1) is 0 Å². The summed E-state index contributed by atoms with van der Waals surface area (Å²) in [4.78, 5) is 7.31. The first-order valence-corrected chi connectivity index (χ1v) is 10.6. The van der Waals surface area contributed by atoms with Crippen molar-refractivity contribution in [2.45, 2.75) is 64.3 Å². The number of hydrogen-bond donors (Lipinski definition) is 1. The molecule has 1 aromatic rings. The number of piperidine rings is 1. The number of hydrogen-bond acceptors (Lipinski definition) is 3. The number of pyridine rings is 1. The summed E-state index contributed by atoms with van der Waals surface area (Å²) >= 11 is 0. The third-order valence-electron chi connectivity index (χ3n) is 7.58. The van der Waals surface area contributed by atoms with Crippen molar-refractivity contribution in [1.82, 2.24) is 9.88 Å². The van der Waals surface area contributed by atoms with Crippen LogP contribution in [0.1, 0.15) is 56.9 Å². The van der Waals surface area contributed by atoms with Gasteiger partial charge in [0.15, 0.2) is 0 Å². The number of rotatable bonds is 4. The maximum atomic E-state index is 4.51. The highest BCUT2D eigenvalue weighted by Gasteiger charge is 2.51. The monoisotopic (exact) mass is 339 g/mol. The Hall–Kier alpha value is -1.09. The van der Waals surface area contributed by atoms with E-state index in [4.69, 9.17) is 0 Å². The summed E-state index contributed by atoms with van der Waals surface area (Å²) in [6, 6.07) is 4.87. The average Bonchev–Trinajstić information content (AvgIpc) is 2.57. The average molecular weight is 340 g/mol. The van der Waals surface area contributed by atoms with Crippen LogP contribution in [0.3, 0.4) is 0 Å². The van der Waals surface area contributed by atoms with E-state index in [0.29, 0.717) is 11.5 Å². The molecule has 1 aromatic heterocycles. The van der Waals surface area contributed by atoms with E-state index in [0.717, 1.165) is 23.6 Å². The first-order valence-electron chi connectivity index (χ1n) is 10.6. The summed E-state index contributed by atoms with van der Waals surface area (Å²) < 4.78 is 0. The van der Waals surface area contributed by atoms with Crippen molar-refractivity contribution in [3.8, 4) is 0 Å². The van der Waals surface area contributed by atoms with Crippen molar-refractivity contribution in [1.29, 1.82) is 0 Å². The van der Waals surface area contributed by atoms with Gasteiger partial charge in [0.25, 0.3) is 0 Å². The van der Waals surface area contributed by atoms with Gasteiger partial charge in [0.2, 0.25) is 0 Å². The van der Waals surface area contributed by atoms with Crippen LogP contribution in [0.2, 0.25) is 0 Å². The van der Waals surface area contributed by atoms with Crippen LogP contribution >= 0.6 is 0 Å². The highest BCUT2D eigenvalue weighted by atomic mass is 15.2. The molecule has 6 rings (SSSR count). The van der Waals surface area contributed by atoms with Crippen LogP contribution in [-0.4, -0.2) is 35.6 Å². The van der Waals surface area contributed by atoms with E-state index in [1.165, 1.54) is 38.0 Å². The molecule has 1 aliphatic heterocycles. The molecule has 1 saturated heterocycles. The molecule has 0 radical (unpaired) electrons. The zero-order valence-corrected chi connectivity index (χ0v) is 15.7. The maximum absolute atomic E-state index is 4.51. The highest BCUT2D eigenvalue weighted by Crippen LogP contribution is 2.60. The number of aromatic nitrogens is 1. The maximum Gasteiger partial charge on any atom is 0.126 e. The Balaban J connectivity index is 1.15. The molecule has 25 heavy (non-hydrogen) atoms. The van der Waals surface area contributed by atoms with Crippen molar-refractivity contribution in [2.24, 2.45) is 23.2 Å². The van der Waals surface area contributed by atoms with Gasteiger partial charge in [-0.2, -0.15) is 0 Å². The Kier molecular flexibility index (Phi) is 4.04. The zero-order valence-electron chi connectivity index (χ0n) is 15.7. The third-order valence-corrected chi connectivity index (χ3v) is 7.58. The molecule has 0 aromatic carbocycles. The van der Waals surface area contributed by atoms with Gasteiger partial charge in [0.1, 0.15) is 5.82 Å². The first-order chi connectivity index (χ1) is 12.2. The van der Waals surface area contributed by atoms with Crippen LogP contribution in [0.25, 0.3) is 0 Å². The fourth-order valence-electron chi connectivity index (χ4n) is 6.96. The lowest BCUT2D eigenvalue weighted by Crippen LogP contribution is -2.52. The first kappa shape index (κ1) is 16.1. The standard InChI is InChI=1S/C22H33N3/c1-16-2-3-21(23-14-16)24-20-4-6-25(7-5-20)15-22-11-17-8-18(12-22)10-19(9-17)13-22/h2-3,14,17-20H,4-13,15H2,1H3,(H,23,24). The minimum Gasteiger partial charge on any atom is -0.367 e. The number of likely N-dealkylation sites (tertiary alicyclic amines) is 1. The van der Waals surface area contributed by atoms with Crippen molar-refractivity contribution in [3.05, 3.63) is 23.9 Å². The Morgan fingerprint density at radius 3 is 2.24 bits per heavy atom. The molecule has 5 aliphatic rings. The number of anilines is 1. The molecule has 4 aliphatic carbocycles.